The SMILES string of the molecule is CC(F)(F)C(=O)OC12CC3CC(C1)C1(OC(COC(=O)C45CC6CC7CC(C4)C6C75)C(COC(=O)C45CC6CC7CC(C4)C75C6)O1)C3C2. The summed E-state index contributed by atoms with van der Waals surface area (Å²) >= 11 is 0. The van der Waals surface area contributed by atoms with Gasteiger partial charge in [0.2, 0.25) is 0 Å². The summed E-state index contributed by atoms with van der Waals surface area (Å²) in [6.45, 7) is 0.685. The van der Waals surface area contributed by atoms with Crippen LogP contribution >= 0.6 is 0 Å². The molecular weight excluding hydrogens is 622 g/mol. The van der Waals surface area contributed by atoms with Gasteiger partial charge < -0.3 is 23.7 Å². The average molecular weight is 669 g/mol. The minimum absolute atomic E-state index is 0.0506. The molecule has 13 fully saturated rings. The Hall–Kier alpha value is -1.81. The van der Waals surface area contributed by atoms with Crippen LogP contribution in [0.25, 0.3) is 0 Å². The van der Waals surface area contributed by atoms with Crippen molar-refractivity contribution in [1.82, 2.24) is 0 Å². The van der Waals surface area contributed by atoms with E-state index in [9.17, 15) is 23.2 Å². The molecule has 15 atom stereocenters. The van der Waals surface area contributed by atoms with Crippen LogP contribution in [0.2, 0.25) is 0 Å². The van der Waals surface area contributed by atoms with Crippen LogP contribution in [-0.2, 0) is 38.1 Å². The minimum Gasteiger partial charge on any atom is -0.462 e. The van der Waals surface area contributed by atoms with Crippen molar-refractivity contribution < 1.29 is 46.8 Å². The number of fused-ring (bicyclic) bond motifs is 1. The number of esters is 3. The number of hydrogen-bond donors (Lipinski definition) is 0. The van der Waals surface area contributed by atoms with Gasteiger partial charge in [-0.3, -0.25) is 9.59 Å². The zero-order chi connectivity index (χ0) is 32.4. The summed E-state index contributed by atoms with van der Waals surface area (Å²) in [5.74, 6) is -1.15. The molecule has 1 saturated heterocycles. The molecule has 12 bridgehead atoms. The third-order valence-corrected chi connectivity index (χ3v) is 17.9. The lowest BCUT2D eigenvalue weighted by Crippen LogP contribution is -2.69. The van der Waals surface area contributed by atoms with E-state index in [-0.39, 0.29) is 59.2 Å². The van der Waals surface area contributed by atoms with Gasteiger partial charge in [0, 0.05) is 18.8 Å². The zero-order valence-electron chi connectivity index (χ0n) is 27.6. The molecule has 0 aromatic carbocycles. The van der Waals surface area contributed by atoms with Gasteiger partial charge in [-0.05, 0) is 142 Å². The van der Waals surface area contributed by atoms with Gasteiger partial charge in [-0.15, -0.1) is 0 Å². The Kier molecular flexibility index (Phi) is 5.08. The van der Waals surface area contributed by atoms with Crippen LogP contribution in [-0.4, -0.2) is 60.6 Å². The molecule has 0 radical (unpaired) electrons. The molecule has 0 aromatic rings. The Morgan fingerprint density at radius 1 is 0.729 bits per heavy atom. The third-order valence-electron chi connectivity index (χ3n) is 17.9. The topological polar surface area (TPSA) is 97.4 Å². The largest absolute Gasteiger partial charge is 0.462 e. The fourth-order valence-electron chi connectivity index (χ4n) is 17.1. The molecule has 48 heavy (non-hydrogen) atoms. The van der Waals surface area contributed by atoms with Gasteiger partial charge in [0.05, 0.1) is 10.8 Å². The molecule has 260 valence electrons. The molecule has 1 heterocycles. The second-order valence-electron chi connectivity index (χ2n) is 19.5. The van der Waals surface area contributed by atoms with Crippen LogP contribution < -0.4 is 0 Å². The first kappa shape index (κ1) is 28.8. The highest BCUT2D eigenvalue weighted by atomic mass is 19.3. The molecule has 13 rings (SSSR count). The number of alkyl halides is 2. The summed E-state index contributed by atoms with van der Waals surface area (Å²) in [5, 5.41) is 0. The van der Waals surface area contributed by atoms with Crippen molar-refractivity contribution >= 4 is 17.9 Å². The fraction of sp³-hybridized carbons (Fsp3) is 0.921. The first-order chi connectivity index (χ1) is 22.9. The van der Waals surface area contributed by atoms with Crippen molar-refractivity contribution in [3.63, 3.8) is 0 Å². The Balaban J connectivity index is 0.793. The number of rotatable bonds is 8. The Morgan fingerprint density at radius 3 is 2.08 bits per heavy atom. The van der Waals surface area contributed by atoms with Crippen molar-refractivity contribution in [1.29, 1.82) is 0 Å². The van der Waals surface area contributed by atoms with Crippen LogP contribution in [0.15, 0.2) is 0 Å². The van der Waals surface area contributed by atoms with Gasteiger partial charge in [0.1, 0.15) is 31.0 Å². The van der Waals surface area contributed by atoms with Gasteiger partial charge in [-0.25, -0.2) is 4.79 Å². The predicted molar refractivity (Wildman–Crippen MR) is 160 cm³/mol. The first-order valence-electron chi connectivity index (χ1n) is 19.2. The van der Waals surface area contributed by atoms with Gasteiger partial charge >= 0.3 is 23.8 Å². The van der Waals surface area contributed by atoms with E-state index in [4.69, 9.17) is 23.7 Å². The van der Waals surface area contributed by atoms with Crippen molar-refractivity contribution in [2.45, 2.75) is 120 Å². The smallest absolute Gasteiger partial charge is 0.377 e. The maximum atomic E-state index is 14.0. The van der Waals surface area contributed by atoms with E-state index in [1.165, 1.54) is 32.1 Å². The molecule has 0 aromatic heterocycles. The maximum absolute atomic E-state index is 14.0. The van der Waals surface area contributed by atoms with Crippen molar-refractivity contribution in [3.8, 4) is 0 Å². The number of halogens is 2. The van der Waals surface area contributed by atoms with E-state index in [2.05, 4.69) is 0 Å². The quantitative estimate of drug-likeness (QED) is 0.249. The lowest BCUT2D eigenvalue weighted by Gasteiger charge is -2.71. The Morgan fingerprint density at radius 2 is 1.46 bits per heavy atom. The second kappa shape index (κ2) is 8.45. The summed E-state index contributed by atoms with van der Waals surface area (Å²) in [6, 6.07) is 0. The summed E-state index contributed by atoms with van der Waals surface area (Å²) < 4.78 is 59.5. The molecule has 15 unspecified atom stereocenters. The highest BCUT2D eigenvalue weighted by Gasteiger charge is 2.83. The number of hydrogen-bond acceptors (Lipinski definition) is 8. The highest BCUT2D eigenvalue weighted by molar-refractivity contribution is 5.82. The molecule has 0 amide bonds. The van der Waals surface area contributed by atoms with Crippen LogP contribution in [0, 0.1) is 81.3 Å². The molecular formula is C38H46F2O8. The van der Waals surface area contributed by atoms with E-state index in [0.29, 0.717) is 73.5 Å². The molecule has 13 aliphatic rings. The van der Waals surface area contributed by atoms with E-state index in [1.807, 2.05) is 0 Å². The van der Waals surface area contributed by atoms with Crippen molar-refractivity contribution in [2.75, 3.05) is 13.2 Å². The second-order valence-corrected chi connectivity index (χ2v) is 19.5. The van der Waals surface area contributed by atoms with Gasteiger partial charge in [-0.2, -0.15) is 8.78 Å². The summed E-state index contributed by atoms with van der Waals surface area (Å²) in [4.78, 5) is 40.2. The Labute approximate surface area is 279 Å². The normalized spacial score (nSPS) is 60.2. The van der Waals surface area contributed by atoms with Crippen LogP contribution in [0.3, 0.4) is 0 Å². The summed E-state index contributed by atoms with van der Waals surface area (Å²) in [7, 11) is 0. The summed E-state index contributed by atoms with van der Waals surface area (Å²) in [5.41, 5.74) is -1.45. The fourth-order valence-corrected chi connectivity index (χ4v) is 17.1. The molecule has 0 N–H and O–H groups in total. The lowest BCUT2D eigenvalue weighted by molar-refractivity contribution is -0.263. The predicted octanol–water partition coefficient (Wildman–Crippen LogP) is 5.45. The monoisotopic (exact) mass is 668 g/mol. The van der Waals surface area contributed by atoms with Crippen molar-refractivity contribution in [2.24, 2.45) is 81.3 Å². The standard InChI is InChI=1S/C38H46F2O8/c1-33(39,40)30(41)48-34-9-19-5-24(12-34)38(25(19)14-34)46-26(15-44-31(42)35-10-20-3-18-4-21(11-35)28(20)29(18)35)27(47-38)16-45-32(43)36-7-17-2-22-6-23(13-36)37(22,36)8-17/h17-29H,2-16H2,1H3. The van der Waals surface area contributed by atoms with Crippen LogP contribution in [0.4, 0.5) is 8.78 Å². The molecule has 12 aliphatic carbocycles. The molecule has 2 spiro atoms. The minimum atomic E-state index is -3.55. The molecule has 12 saturated carbocycles. The third kappa shape index (κ3) is 3.06. The van der Waals surface area contributed by atoms with E-state index in [0.717, 1.165) is 32.1 Å². The van der Waals surface area contributed by atoms with Crippen LogP contribution in [0.5, 0.6) is 0 Å². The number of carbonyl (C=O) groups is 3. The molecule has 1 aliphatic heterocycles. The Bertz CT molecular complexity index is 1510. The number of ether oxygens (including phenoxy) is 5. The lowest BCUT2D eigenvalue weighted by atomic mass is 9.32. The van der Waals surface area contributed by atoms with Gasteiger partial charge in [0.25, 0.3) is 0 Å². The van der Waals surface area contributed by atoms with E-state index < -0.39 is 35.5 Å². The van der Waals surface area contributed by atoms with Gasteiger partial charge in [-0.1, -0.05) is 0 Å². The zero-order valence-corrected chi connectivity index (χ0v) is 27.6. The summed E-state index contributed by atoms with van der Waals surface area (Å²) in [6.07, 6.45) is 11.0. The van der Waals surface area contributed by atoms with E-state index >= 15 is 0 Å². The molecule has 10 heteroatoms. The number of carbonyl (C=O) groups excluding carboxylic acids is 3. The highest BCUT2D eigenvalue weighted by Crippen LogP contribution is 2.87. The van der Waals surface area contributed by atoms with Crippen LogP contribution in [0.1, 0.15) is 90.4 Å². The van der Waals surface area contributed by atoms with Crippen molar-refractivity contribution in [3.05, 3.63) is 0 Å². The maximum Gasteiger partial charge on any atom is 0.377 e. The van der Waals surface area contributed by atoms with Gasteiger partial charge in [0.15, 0.2) is 5.79 Å². The average Bonchev–Trinajstić information content (AvgIpc) is 3.88. The van der Waals surface area contributed by atoms with E-state index in [1.54, 1.807) is 0 Å². The first-order valence-corrected chi connectivity index (χ1v) is 19.2. The molecule has 8 nitrogen and oxygen atoms in total.